The van der Waals surface area contributed by atoms with Gasteiger partial charge in [-0.3, -0.25) is 4.79 Å². The molecule has 0 spiro atoms. The minimum absolute atomic E-state index is 0.124. The largest absolute Gasteiger partial charge is 0.398 e. The van der Waals surface area contributed by atoms with E-state index in [9.17, 15) is 9.18 Å². The molecule has 102 valence electrons. The quantitative estimate of drug-likeness (QED) is 0.826. The SMILES string of the molecule is Nc1cc2c(cc1Br)C(Cc1ccccc1F)C(=O)N2. The Balaban J connectivity index is 1.99. The highest BCUT2D eigenvalue weighted by atomic mass is 79.9. The first-order chi connectivity index (χ1) is 9.56. The first-order valence-corrected chi connectivity index (χ1v) is 6.98. The maximum absolute atomic E-state index is 13.7. The Morgan fingerprint density at radius 3 is 2.80 bits per heavy atom. The van der Waals surface area contributed by atoms with Crippen LogP contribution in [0.5, 0.6) is 0 Å². The maximum atomic E-state index is 13.7. The molecular weight excluding hydrogens is 323 g/mol. The third-order valence-electron chi connectivity index (χ3n) is 3.50. The third-order valence-corrected chi connectivity index (χ3v) is 4.19. The van der Waals surface area contributed by atoms with Crippen LogP contribution in [-0.2, 0) is 11.2 Å². The van der Waals surface area contributed by atoms with Gasteiger partial charge in [0.05, 0.1) is 5.92 Å². The highest BCUT2D eigenvalue weighted by Gasteiger charge is 2.31. The van der Waals surface area contributed by atoms with E-state index >= 15 is 0 Å². The highest BCUT2D eigenvalue weighted by molar-refractivity contribution is 9.10. The Kier molecular flexibility index (Phi) is 3.22. The highest BCUT2D eigenvalue weighted by Crippen LogP contribution is 2.39. The maximum Gasteiger partial charge on any atom is 0.232 e. The summed E-state index contributed by atoms with van der Waals surface area (Å²) in [5.74, 6) is -0.803. The minimum Gasteiger partial charge on any atom is -0.398 e. The predicted octanol–water partition coefficient (Wildman–Crippen LogP) is 3.45. The number of carbonyl (C=O) groups is 1. The van der Waals surface area contributed by atoms with E-state index in [-0.39, 0.29) is 17.6 Å². The lowest BCUT2D eigenvalue weighted by molar-refractivity contribution is -0.117. The van der Waals surface area contributed by atoms with Crippen molar-refractivity contribution in [3.63, 3.8) is 0 Å². The molecule has 2 aromatic carbocycles. The fourth-order valence-electron chi connectivity index (χ4n) is 2.45. The number of carbonyl (C=O) groups excluding carboxylic acids is 1. The Morgan fingerprint density at radius 2 is 2.05 bits per heavy atom. The van der Waals surface area contributed by atoms with Crippen molar-refractivity contribution in [2.24, 2.45) is 0 Å². The molecule has 0 aliphatic carbocycles. The molecule has 1 aliphatic rings. The fourth-order valence-corrected chi connectivity index (χ4v) is 2.81. The van der Waals surface area contributed by atoms with Crippen molar-refractivity contribution in [1.29, 1.82) is 0 Å². The van der Waals surface area contributed by atoms with Crippen molar-refractivity contribution in [2.75, 3.05) is 11.1 Å². The van der Waals surface area contributed by atoms with Crippen molar-refractivity contribution in [2.45, 2.75) is 12.3 Å². The number of benzene rings is 2. The lowest BCUT2D eigenvalue weighted by Crippen LogP contribution is -2.14. The summed E-state index contributed by atoms with van der Waals surface area (Å²) in [7, 11) is 0. The number of anilines is 2. The standard InChI is InChI=1S/C15H12BrFN2O/c16-11-6-9-10(5-8-3-1-2-4-12(8)17)15(20)19-14(9)7-13(11)18/h1-4,6-7,10H,5,18H2,(H,19,20). The molecule has 20 heavy (non-hydrogen) atoms. The minimum atomic E-state index is -0.390. The smallest absolute Gasteiger partial charge is 0.232 e. The Morgan fingerprint density at radius 1 is 1.30 bits per heavy atom. The van der Waals surface area contributed by atoms with Crippen LogP contribution in [0, 0.1) is 5.82 Å². The Labute approximate surface area is 124 Å². The molecule has 3 rings (SSSR count). The van der Waals surface area contributed by atoms with Gasteiger partial charge in [-0.05, 0) is 51.7 Å². The zero-order valence-corrected chi connectivity index (χ0v) is 12.1. The van der Waals surface area contributed by atoms with Crippen LogP contribution in [0.15, 0.2) is 40.9 Å². The molecule has 1 amide bonds. The molecule has 0 bridgehead atoms. The van der Waals surface area contributed by atoms with Gasteiger partial charge >= 0.3 is 0 Å². The van der Waals surface area contributed by atoms with Crippen molar-refractivity contribution in [3.05, 3.63) is 57.8 Å². The van der Waals surface area contributed by atoms with Gasteiger partial charge in [0, 0.05) is 15.8 Å². The molecule has 1 unspecified atom stereocenters. The van der Waals surface area contributed by atoms with E-state index in [4.69, 9.17) is 5.73 Å². The van der Waals surface area contributed by atoms with E-state index in [2.05, 4.69) is 21.2 Å². The molecule has 1 heterocycles. The molecule has 0 radical (unpaired) electrons. The molecule has 5 heteroatoms. The van der Waals surface area contributed by atoms with E-state index in [1.807, 2.05) is 6.07 Å². The van der Waals surface area contributed by atoms with Gasteiger partial charge in [0.25, 0.3) is 0 Å². The zero-order chi connectivity index (χ0) is 14.3. The predicted molar refractivity (Wildman–Crippen MR) is 80.0 cm³/mol. The average molecular weight is 335 g/mol. The van der Waals surface area contributed by atoms with Crippen LogP contribution >= 0.6 is 15.9 Å². The van der Waals surface area contributed by atoms with Gasteiger partial charge in [-0.2, -0.15) is 0 Å². The summed E-state index contributed by atoms with van der Waals surface area (Å²) < 4.78 is 14.5. The van der Waals surface area contributed by atoms with Gasteiger partial charge in [0.1, 0.15) is 5.82 Å². The van der Waals surface area contributed by atoms with Crippen LogP contribution < -0.4 is 11.1 Å². The van der Waals surface area contributed by atoms with Crippen LogP contribution in [0.3, 0.4) is 0 Å². The van der Waals surface area contributed by atoms with Crippen LogP contribution in [0.25, 0.3) is 0 Å². The molecule has 0 saturated heterocycles. The van der Waals surface area contributed by atoms with E-state index in [0.717, 1.165) is 10.0 Å². The number of nitrogen functional groups attached to an aromatic ring is 1. The van der Waals surface area contributed by atoms with Crippen LogP contribution in [-0.4, -0.2) is 5.91 Å². The number of nitrogens with two attached hydrogens (primary N) is 1. The van der Waals surface area contributed by atoms with Gasteiger partial charge in [-0.25, -0.2) is 4.39 Å². The summed E-state index contributed by atoms with van der Waals surface area (Å²) in [4.78, 5) is 12.1. The van der Waals surface area contributed by atoms with Gasteiger partial charge in [0.15, 0.2) is 0 Å². The van der Waals surface area contributed by atoms with Gasteiger partial charge < -0.3 is 11.1 Å². The molecule has 1 atom stereocenters. The summed E-state index contributed by atoms with van der Waals surface area (Å²) in [5, 5.41) is 2.79. The summed E-state index contributed by atoms with van der Waals surface area (Å²) in [6.45, 7) is 0. The molecule has 0 aromatic heterocycles. The van der Waals surface area contributed by atoms with Gasteiger partial charge in [-0.15, -0.1) is 0 Å². The second kappa shape index (κ2) is 4.90. The molecule has 1 aliphatic heterocycles. The molecule has 0 saturated carbocycles. The summed E-state index contributed by atoms with van der Waals surface area (Å²) >= 11 is 3.36. The summed E-state index contributed by atoms with van der Waals surface area (Å²) in [5.41, 5.74) is 8.46. The third kappa shape index (κ3) is 2.18. The van der Waals surface area contributed by atoms with Crippen molar-refractivity contribution < 1.29 is 9.18 Å². The van der Waals surface area contributed by atoms with E-state index in [1.54, 1.807) is 24.3 Å². The van der Waals surface area contributed by atoms with E-state index in [0.29, 0.717) is 23.4 Å². The number of rotatable bonds is 2. The monoisotopic (exact) mass is 334 g/mol. The second-order valence-corrected chi connectivity index (χ2v) is 5.65. The van der Waals surface area contributed by atoms with Gasteiger partial charge in [0.2, 0.25) is 5.91 Å². The van der Waals surface area contributed by atoms with Crippen LogP contribution in [0.2, 0.25) is 0 Å². The number of nitrogens with one attached hydrogen (secondary N) is 1. The van der Waals surface area contributed by atoms with Crippen LogP contribution in [0.1, 0.15) is 17.0 Å². The van der Waals surface area contributed by atoms with Crippen molar-refractivity contribution in [1.82, 2.24) is 0 Å². The Bertz CT molecular complexity index is 702. The molecular formula is C15H12BrFN2O. The number of halogens is 2. The normalized spacial score (nSPS) is 16.9. The second-order valence-electron chi connectivity index (χ2n) is 4.80. The van der Waals surface area contributed by atoms with Crippen LogP contribution in [0.4, 0.5) is 15.8 Å². The summed E-state index contributed by atoms with van der Waals surface area (Å²) in [6, 6.07) is 10.1. The average Bonchev–Trinajstić information content (AvgIpc) is 2.69. The summed E-state index contributed by atoms with van der Waals surface area (Å²) in [6.07, 6.45) is 0.335. The van der Waals surface area contributed by atoms with Gasteiger partial charge in [-0.1, -0.05) is 18.2 Å². The topological polar surface area (TPSA) is 55.1 Å². The molecule has 3 N–H and O–H groups in total. The molecule has 0 fully saturated rings. The first kappa shape index (κ1) is 13.1. The first-order valence-electron chi connectivity index (χ1n) is 6.19. The van der Waals surface area contributed by atoms with E-state index < -0.39 is 0 Å². The lowest BCUT2D eigenvalue weighted by Gasteiger charge is -2.10. The van der Waals surface area contributed by atoms with E-state index in [1.165, 1.54) is 6.07 Å². The number of fused-ring (bicyclic) bond motifs is 1. The fraction of sp³-hybridized carbons (Fsp3) is 0.133. The number of amides is 1. The van der Waals surface area contributed by atoms with Crippen molar-refractivity contribution >= 4 is 33.2 Å². The number of hydrogen-bond acceptors (Lipinski definition) is 2. The lowest BCUT2D eigenvalue weighted by atomic mass is 9.93. The molecule has 3 nitrogen and oxygen atoms in total. The Hall–Kier alpha value is -1.88. The number of hydrogen-bond donors (Lipinski definition) is 2. The van der Waals surface area contributed by atoms with Crippen molar-refractivity contribution in [3.8, 4) is 0 Å². The zero-order valence-electron chi connectivity index (χ0n) is 10.5. The molecule has 2 aromatic rings.